The van der Waals surface area contributed by atoms with E-state index in [9.17, 15) is 13.2 Å². The van der Waals surface area contributed by atoms with E-state index in [0.29, 0.717) is 0 Å². The van der Waals surface area contributed by atoms with E-state index in [1.165, 1.54) is 6.92 Å². The molecule has 0 aromatic heterocycles. The first-order valence-corrected chi connectivity index (χ1v) is 7.38. The monoisotopic (exact) mass is 270 g/mol. The summed E-state index contributed by atoms with van der Waals surface area (Å²) >= 11 is 0. The van der Waals surface area contributed by atoms with E-state index in [2.05, 4.69) is 0 Å². The molecule has 1 rings (SSSR count). The van der Waals surface area contributed by atoms with Crippen LogP contribution >= 0.6 is 0 Å². The van der Waals surface area contributed by atoms with Gasteiger partial charge >= 0.3 is 5.97 Å². The molecule has 0 saturated carbocycles. The van der Waals surface area contributed by atoms with E-state index in [1.54, 1.807) is 25.1 Å². The quantitative estimate of drug-likeness (QED) is 0.769. The normalized spacial score (nSPS) is 13.1. The molecule has 18 heavy (non-hydrogen) atoms. The van der Waals surface area contributed by atoms with Crippen molar-refractivity contribution in [2.24, 2.45) is 0 Å². The van der Waals surface area contributed by atoms with Crippen LogP contribution in [0.15, 0.2) is 29.2 Å². The van der Waals surface area contributed by atoms with Gasteiger partial charge < -0.3 is 4.74 Å². The summed E-state index contributed by atoms with van der Waals surface area (Å²) in [4.78, 5) is 11.6. The molecule has 4 nitrogen and oxygen atoms in total. The Labute approximate surface area is 108 Å². The molecule has 1 aromatic carbocycles. The zero-order valence-corrected chi connectivity index (χ0v) is 11.7. The molecule has 0 fully saturated rings. The van der Waals surface area contributed by atoms with E-state index < -0.39 is 21.1 Å². The topological polar surface area (TPSA) is 60.4 Å². The molecular weight excluding hydrogens is 252 g/mol. The molecule has 1 atom stereocenters. The van der Waals surface area contributed by atoms with Crippen LogP contribution in [0.2, 0.25) is 0 Å². The van der Waals surface area contributed by atoms with Gasteiger partial charge in [-0.3, -0.25) is 4.79 Å². The lowest BCUT2D eigenvalue weighted by Crippen LogP contribution is -2.22. The highest BCUT2D eigenvalue weighted by Crippen LogP contribution is 2.19. The molecule has 0 aliphatic carbocycles. The summed E-state index contributed by atoms with van der Waals surface area (Å²) in [7, 11) is -3.48. The molecule has 5 heteroatoms. The number of aryl methyl sites for hydroxylation is 1. The largest absolute Gasteiger partial charge is 0.466 e. The number of sulfone groups is 1. The first kappa shape index (κ1) is 14.7. The number of carbonyl (C=O) groups is 1. The number of esters is 1. The summed E-state index contributed by atoms with van der Waals surface area (Å²) in [5.41, 5.74) is 0.874. The van der Waals surface area contributed by atoms with Gasteiger partial charge in [0.1, 0.15) is 0 Å². The average molecular weight is 270 g/mol. The Morgan fingerprint density at radius 3 is 2.61 bits per heavy atom. The molecule has 0 radical (unpaired) electrons. The fraction of sp³-hybridized carbons (Fsp3) is 0.462. The van der Waals surface area contributed by atoms with Gasteiger partial charge in [0.05, 0.1) is 23.2 Å². The van der Waals surface area contributed by atoms with Gasteiger partial charge in [0.25, 0.3) is 0 Å². The van der Waals surface area contributed by atoms with Crippen molar-refractivity contribution < 1.29 is 17.9 Å². The van der Waals surface area contributed by atoms with Crippen LogP contribution in [0.25, 0.3) is 0 Å². The predicted molar refractivity (Wildman–Crippen MR) is 69.1 cm³/mol. The Balaban J connectivity index is 2.90. The number of ether oxygens (including phenoxy) is 1. The Morgan fingerprint density at radius 2 is 2.06 bits per heavy atom. The van der Waals surface area contributed by atoms with Crippen molar-refractivity contribution in [1.29, 1.82) is 0 Å². The molecule has 0 spiro atoms. The van der Waals surface area contributed by atoms with Crippen molar-refractivity contribution >= 4 is 15.8 Å². The Morgan fingerprint density at radius 1 is 1.39 bits per heavy atom. The van der Waals surface area contributed by atoms with Crippen molar-refractivity contribution in [2.75, 3.05) is 6.61 Å². The fourth-order valence-corrected chi connectivity index (χ4v) is 3.03. The second kappa shape index (κ2) is 6.00. The van der Waals surface area contributed by atoms with E-state index in [0.717, 1.165) is 5.56 Å². The maximum atomic E-state index is 12.2. The lowest BCUT2D eigenvalue weighted by Gasteiger charge is -2.12. The second-order valence-corrected chi connectivity index (χ2v) is 6.55. The van der Waals surface area contributed by atoms with Gasteiger partial charge in [0, 0.05) is 0 Å². The van der Waals surface area contributed by atoms with Gasteiger partial charge in [-0.2, -0.15) is 0 Å². The van der Waals surface area contributed by atoms with Crippen LogP contribution in [0.5, 0.6) is 0 Å². The first-order chi connectivity index (χ1) is 8.37. The molecule has 0 saturated heterocycles. The molecule has 100 valence electrons. The Bertz CT molecular complexity index is 520. The summed E-state index contributed by atoms with van der Waals surface area (Å²) in [5, 5.41) is -0.779. The minimum absolute atomic E-state index is 0.121. The van der Waals surface area contributed by atoms with Crippen LogP contribution in [0.3, 0.4) is 0 Å². The number of carbonyl (C=O) groups excluding carboxylic acids is 1. The smallest absolute Gasteiger partial charge is 0.307 e. The molecular formula is C13H18O4S. The van der Waals surface area contributed by atoms with E-state index in [4.69, 9.17) is 4.74 Å². The Kier molecular flexibility index (Phi) is 4.90. The van der Waals surface area contributed by atoms with Gasteiger partial charge in [-0.25, -0.2) is 8.42 Å². The molecule has 0 aliphatic heterocycles. The third-order valence-corrected chi connectivity index (χ3v) is 4.74. The van der Waals surface area contributed by atoms with Gasteiger partial charge in [0.2, 0.25) is 0 Å². The van der Waals surface area contributed by atoms with Crippen LogP contribution in [-0.2, 0) is 19.4 Å². The zero-order chi connectivity index (χ0) is 13.8. The SMILES string of the molecule is CCOC(=O)CC(C)S(=O)(=O)c1cccc(C)c1. The summed E-state index contributed by atoms with van der Waals surface area (Å²) < 4.78 is 29.2. The third-order valence-electron chi connectivity index (χ3n) is 2.61. The van der Waals surface area contributed by atoms with Crippen LogP contribution in [0.4, 0.5) is 0 Å². The molecule has 0 N–H and O–H groups in total. The molecule has 0 bridgehead atoms. The number of rotatable bonds is 5. The summed E-state index contributed by atoms with van der Waals surface area (Å²) in [6.07, 6.45) is -0.121. The highest BCUT2D eigenvalue weighted by Gasteiger charge is 2.26. The predicted octanol–water partition coefficient (Wildman–Crippen LogP) is 2.11. The van der Waals surface area contributed by atoms with Gasteiger partial charge in [-0.05, 0) is 38.5 Å². The van der Waals surface area contributed by atoms with Crippen molar-refractivity contribution in [3.05, 3.63) is 29.8 Å². The molecule has 0 aliphatic rings. The van der Waals surface area contributed by atoms with E-state index in [-0.39, 0.29) is 17.9 Å². The fourth-order valence-electron chi connectivity index (χ4n) is 1.59. The molecule has 1 unspecified atom stereocenters. The molecule has 0 amide bonds. The lowest BCUT2D eigenvalue weighted by atomic mass is 10.2. The minimum Gasteiger partial charge on any atom is -0.466 e. The van der Waals surface area contributed by atoms with Crippen molar-refractivity contribution in [1.82, 2.24) is 0 Å². The summed E-state index contributed by atoms with van der Waals surface area (Å²) in [6.45, 7) is 5.30. The lowest BCUT2D eigenvalue weighted by molar-refractivity contribution is -0.143. The van der Waals surface area contributed by atoms with Crippen molar-refractivity contribution in [3.63, 3.8) is 0 Å². The highest BCUT2D eigenvalue weighted by molar-refractivity contribution is 7.92. The minimum atomic E-state index is -3.48. The van der Waals surface area contributed by atoms with E-state index in [1.807, 2.05) is 13.0 Å². The standard InChI is InChI=1S/C13H18O4S/c1-4-17-13(14)9-11(3)18(15,16)12-7-5-6-10(2)8-12/h5-8,11H,4,9H2,1-3H3. The average Bonchev–Trinajstić information content (AvgIpc) is 2.29. The molecule has 0 heterocycles. The third kappa shape index (κ3) is 3.57. The first-order valence-electron chi connectivity index (χ1n) is 5.84. The van der Waals surface area contributed by atoms with Gasteiger partial charge in [-0.15, -0.1) is 0 Å². The van der Waals surface area contributed by atoms with Crippen LogP contribution in [-0.4, -0.2) is 26.2 Å². The number of benzene rings is 1. The van der Waals surface area contributed by atoms with Crippen LogP contribution in [0.1, 0.15) is 25.8 Å². The van der Waals surface area contributed by atoms with Crippen LogP contribution < -0.4 is 0 Å². The Hall–Kier alpha value is -1.36. The maximum Gasteiger partial charge on any atom is 0.307 e. The molecule has 1 aromatic rings. The summed E-state index contributed by atoms with van der Waals surface area (Å²) in [6, 6.07) is 6.68. The highest BCUT2D eigenvalue weighted by atomic mass is 32.2. The van der Waals surface area contributed by atoms with Crippen molar-refractivity contribution in [2.45, 2.75) is 37.3 Å². The van der Waals surface area contributed by atoms with Crippen LogP contribution in [0, 0.1) is 6.92 Å². The second-order valence-electron chi connectivity index (χ2n) is 4.18. The zero-order valence-electron chi connectivity index (χ0n) is 10.8. The number of hydrogen-bond donors (Lipinski definition) is 0. The van der Waals surface area contributed by atoms with E-state index >= 15 is 0 Å². The number of hydrogen-bond acceptors (Lipinski definition) is 4. The summed E-state index contributed by atoms with van der Waals surface area (Å²) in [5.74, 6) is -0.485. The van der Waals surface area contributed by atoms with Gasteiger partial charge in [-0.1, -0.05) is 12.1 Å². The maximum absolute atomic E-state index is 12.2. The van der Waals surface area contributed by atoms with Crippen molar-refractivity contribution in [3.8, 4) is 0 Å². The van der Waals surface area contributed by atoms with Gasteiger partial charge in [0.15, 0.2) is 9.84 Å².